The highest BCUT2D eigenvalue weighted by Crippen LogP contribution is 2.24. The molecule has 3 heteroatoms. The zero-order valence-corrected chi connectivity index (χ0v) is 7.33. The van der Waals surface area contributed by atoms with Gasteiger partial charge in [-0.3, -0.25) is 0 Å². The van der Waals surface area contributed by atoms with E-state index in [1.807, 2.05) is 0 Å². The Morgan fingerprint density at radius 3 is 2.92 bits per heavy atom. The van der Waals surface area contributed by atoms with Crippen LogP contribution in [0, 0.1) is 5.92 Å². The van der Waals surface area contributed by atoms with Crippen LogP contribution in [0.1, 0.15) is 19.3 Å². The summed E-state index contributed by atoms with van der Waals surface area (Å²) in [6.45, 7) is 2.63. The summed E-state index contributed by atoms with van der Waals surface area (Å²) in [6.07, 6.45) is 2.87. The molecule has 0 aromatic carbocycles. The van der Waals surface area contributed by atoms with Crippen LogP contribution in [0.3, 0.4) is 0 Å². The van der Waals surface area contributed by atoms with Crippen LogP contribution < -0.4 is 5.32 Å². The molecule has 0 saturated carbocycles. The quantitative estimate of drug-likeness (QED) is 0.544. The van der Waals surface area contributed by atoms with E-state index in [0.717, 1.165) is 39.0 Å². The second-order valence-electron chi connectivity index (χ2n) is 3.77. The molecule has 70 valence electrons. The van der Waals surface area contributed by atoms with E-state index in [9.17, 15) is 5.11 Å². The fourth-order valence-corrected chi connectivity index (χ4v) is 2.29. The van der Waals surface area contributed by atoms with Crippen LogP contribution >= 0.6 is 0 Å². The first kappa shape index (κ1) is 8.48. The van der Waals surface area contributed by atoms with E-state index in [4.69, 9.17) is 4.74 Å². The molecule has 2 aliphatic heterocycles. The van der Waals surface area contributed by atoms with Gasteiger partial charge >= 0.3 is 0 Å². The molecule has 0 aromatic rings. The zero-order valence-electron chi connectivity index (χ0n) is 7.33. The summed E-state index contributed by atoms with van der Waals surface area (Å²) in [5, 5.41) is 13.2. The molecule has 0 amide bonds. The van der Waals surface area contributed by atoms with Crippen molar-refractivity contribution in [2.45, 2.75) is 31.4 Å². The highest BCUT2D eigenvalue weighted by atomic mass is 16.5. The van der Waals surface area contributed by atoms with Crippen LogP contribution in [0.25, 0.3) is 0 Å². The molecule has 2 aliphatic rings. The molecule has 2 N–H and O–H groups in total. The number of hydrogen-bond donors (Lipinski definition) is 2. The van der Waals surface area contributed by atoms with Crippen molar-refractivity contribution in [2.24, 2.45) is 5.92 Å². The van der Waals surface area contributed by atoms with Gasteiger partial charge in [-0.1, -0.05) is 0 Å². The molecular weight excluding hydrogens is 154 g/mol. The van der Waals surface area contributed by atoms with Gasteiger partial charge < -0.3 is 15.2 Å². The van der Waals surface area contributed by atoms with E-state index in [-0.39, 0.29) is 6.10 Å². The molecule has 3 unspecified atom stereocenters. The maximum atomic E-state index is 9.73. The minimum Gasteiger partial charge on any atom is -0.393 e. The molecule has 2 fully saturated rings. The summed E-state index contributed by atoms with van der Waals surface area (Å²) in [5.74, 6) is 0.432. The summed E-state index contributed by atoms with van der Waals surface area (Å²) in [6, 6.07) is 0.497. The van der Waals surface area contributed by atoms with Gasteiger partial charge in [-0.25, -0.2) is 0 Å². The summed E-state index contributed by atoms with van der Waals surface area (Å²) in [4.78, 5) is 0. The van der Waals surface area contributed by atoms with E-state index < -0.39 is 0 Å². The normalized spacial score (nSPS) is 43.2. The van der Waals surface area contributed by atoms with Crippen molar-refractivity contribution in [2.75, 3.05) is 19.8 Å². The minimum atomic E-state index is -0.0991. The van der Waals surface area contributed by atoms with Crippen LogP contribution in [-0.4, -0.2) is 37.0 Å². The molecule has 0 bridgehead atoms. The molecule has 3 nitrogen and oxygen atoms in total. The van der Waals surface area contributed by atoms with Crippen LogP contribution in [-0.2, 0) is 4.74 Å². The molecule has 0 spiro atoms. The predicted molar refractivity (Wildman–Crippen MR) is 46.0 cm³/mol. The lowest BCUT2D eigenvalue weighted by Gasteiger charge is -2.34. The Kier molecular flexibility index (Phi) is 2.63. The van der Waals surface area contributed by atoms with Crippen LogP contribution in [0.5, 0.6) is 0 Å². The van der Waals surface area contributed by atoms with Gasteiger partial charge in [0.15, 0.2) is 0 Å². The van der Waals surface area contributed by atoms with Crippen molar-refractivity contribution >= 4 is 0 Å². The van der Waals surface area contributed by atoms with Crippen LogP contribution in [0.2, 0.25) is 0 Å². The molecule has 0 radical (unpaired) electrons. The molecule has 0 aromatic heterocycles. The average molecular weight is 171 g/mol. The maximum absolute atomic E-state index is 9.73. The first-order valence-corrected chi connectivity index (χ1v) is 4.87. The van der Waals surface area contributed by atoms with Crippen molar-refractivity contribution in [3.8, 4) is 0 Å². The number of ether oxygens (including phenoxy) is 1. The number of aliphatic hydroxyl groups is 1. The van der Waals surface area contributed by atoms with Crippen molar-refractivity contribution in [3.63, 3.8) is 0 Å². The van der Waals surface area contributed by atoms with E-state index in [2.05, 4.69) is 5.32 Å². The molecule has 2 saturated heterocycles. The summed E-state index contributed by atoms with van der Waals surface area (Å²) >= 11 is 0. The number of hydrogen-bond acceptors (Lipinski definition) is 3. The fraction of sp³-hybridized carbons (Fsp3) is 1.00. The average Bonchev–Trinajstić information content (AvgIpc) is 2.30. The SMILES string of the molecule is OC1CCNC2CCOCCC12. The Balaban J connectivity index is 2.00. The lowest BCUT2D eigenvalue weighted by Crippen LogP contribution is -2.48. The van der Waals surface area contributed by atoms with Gasteiger partial charge in [0.2, 0.25) is 0 Å². The molecule has 12 heavy (non-hydrogen) atoms. The van der Waals surface area contributed by atoms with E-state index in [1.165, 1.54) is 0 Å². The van der Waals surface area contributed by atoms with Crippen molar-refractivity contribution in [3.05, 3.63) is 0 Å². The Morgan fingerprint density at radius 2 is 2.00 bits per heavy atom. The second-order valence-corrected chi connectivity index (χ2v) is 3.77. The highest BCUT2D eigenvalue weighted by Gasteiger charge is 2.32. The third-order valence-electron chi connectivity index (χ3n) is 3.03. The number of fused-ring (bicyclic) bond motifs is 1. The highest BCUT2D eigenvalue weighted by molar-refractivity contribution is 4.87. The summed E-state index contributed by atoms with van der Waals surface area (Å²) in [7, 11) is 0. The van der Waals surface area contributed by atoms with Gasteiger partial charge in [-0.15, -0.1) is 0 Å². The van der Waals surface area contributed by atoms with Gasteiger partial charge in [-0.2, -0.15) is 0 Å². The van der Waals surface area contributed by atoms with Gasteiger partial charge in [0.05, 0.1) is 6.10 Å². The monoisotopic (exact) mass is 171 g/mol. The summed E-state index contributed by atoms with van der Waals surface area (Å²) in [5.41, 5.74) is 0. The largest absolute Gasteiger partial charge is 0.393 e. The second kappa shape index (κ2) is 3.73. The Labute approximate surface area is 73.1 Å². The molecular formula is C9H17NO2. The molecule has 2 rings (SSSR count). The third kappa shape index (κ3) is 1.63. The smallest absolute Gasteiger partial charge is 0.0596 e. The topological polar surface area (TPSA) is 41.5 Å². The Hall–Kier alpha value is -0.120. The standard InChI is InChI=1S/C9H17NO2/c11-9-1-4-10-8-3-6-12-5-2-7(8)9/h7-11H,1-6H2. The van der Waals surface area contributed by atoms with Gasteiger partial charge in [-0.05, 0) is 25.8 Å². The fourth-order valence-electron chi connectivity index (χ4n) is 2.29. The Bertz CT molecular complexity index is 151. The van der Waals surface area contributed by atoms with E-state index in [1.54, 1.807) is 0 Å². The summed E-state index contributed by atoms with van der Waals surface area (Å²) < 4.78 is 5.38. The van der Waals surface area contributed by atoms with Crippen LogP contribution in [0.4, 0.5) is 0 Å². The van der Waals surface area contributed by atoms with Crippen molar-refractivity contribution < 1.29 is 9.84 Å². The maximum Gasteiger partial charge on any atom is 0.0596 e. The van der Waals surface area contributed by atoms with E-state index >= 15 is 0 Å². The van der Waals surface area contributed by atoms with Gasteiger partial charge in [0.25, 0.3) is 0 Å². The third-order valence-corrected chi connectivity index (χ3v) is 3.03. The number of rotatable bonds is 0. The molecule has 2 heterocycles. The van der Waals surface area contributed by atoms with E-state index in [0.29, 0.717) is 12.0 Å². The first-order valence-electron chi connectivity index (χ1n) is 4.87. The number of piperidine rings is 1. The molecule has 3 atom stereocenters. The lowest BCUT2D eigenvalue weighted by molar-refractivity contribution is 0.0475. The lowest BCUT2D eigenvalue weighted by atomic mass is 9.85. The first-order chi connectivity index (χ1) is 5.88. The van der Waals surface area contributed by atoms with Crippen LogP contribution in [0.15, 0.2) is 0 Å². The molecule has 0 aliphatic carbocycles. The van der Waals surface area contributed by atoms with Crippen molar-refractivity contribution in [1.29, 1.82) is 0 Å². The van der Waals surface area contributed by atoms with Crippen molar-refractivity contribution in [1.82, 2.24) is 5.32 Å². The Morgan fingerprint density at radius 1 is 1.17 bits per heavy atom. The minimum absolute atomic E-state index is 0.0991. The predicted octanol–water partition coefficient (Wildman–Crippen LogP) is 0.136. The van der Waals surface area contributed by atoms with Gasteiger partial charge in [0, 0.05) is 25.2 Å². The van der Waals surface area contributed by atoms with Gasteiger partial charge in [0.1, 0.15) is 0 Å². The zero-order chi connectivity index (χ0) is 8.39. The number of aliphatic hydroxyl groups excluding tert-OH is 1. The number of nitrogens with one attached hydrogen (secondary N) is 1.